The largest absolute Gasteiger partial charge is 0.339 e. The Morgan fingerprint density at radius 3 is 2.36 bits per heavy atom. The number of benzene rings is 2. The summed E-state index contributed by atoms with van der Waals surface area (Å²) in [6.07, 6.45) is 4.19. The number of carbonyl (C=O) groups is 1. The summed E-state index contributed by atoms with van der Waals surface area (Å²) < 4.78 is 14.8. The molecule has 1 saturated heterocycles. The molecule has 1 fully saturated rings. The van der Waals surface area contributed by atoms with E-state index in [0.717, 1.165) is 36.8 Å². The molecule has 1 aromatic heterocycles. The van der Waals surface area contributed by atoms with Gasteiger partial charge in [-0.05, 0) is 93.7 Å². The van der Waals surface area contributed by atoms with E-state index < -0.39 is 0 Å². The fourth-order valence-electron chi connectivity index (χ4n) is 4.24. The first-order valence-electron chi connectivity index (χ1n) is 9.88. The number of likely N-dealkylation sites (tertiary alicyclic amines) is 1. The number of nitrogen functional groups attached to an aromatic ring is 1. The number of hydrogen-bond donors (Lipinski definition) is 1. The molecule has 0 aliphatic carbocycles. The van der Waals surface area contributed by atoms with E-state index in [1.165, 1.54) is 29.8 Å². The fourth-order valence-corrected chi connectivity index (χ4v) is 4.24. The summed E-state index contributed by atoms with van der Waals surface area (Å²) in [5.41, 5.74) is 3.23. The third-order valence-electron chi connectivity index (χ3n) is 5.93. The van der Waals surface area contributed by atoms with Gasteiger partial charge in [-0.2, -0.15) is 0 Å². The van der Waals surface area contributed by atoms with Gasteiger partial charge in [0.2, 0.25) is 0 Å². The minimum Gasteiger partial charge on any atom is -0.339 e. The molecule has 4 rings (SSSR count). The van der Waals surface area contributed by atoms with E-state index in [-0.39, 0.29) is 11.6 Å². The maximum absolute atomic E-state index is 13.2. The molecule has 0 spiro atoms. The van der Waals surface area contributed by atoms with E-state index in [0.29, 0.717) is 23.1 Å². The molecule has 0 saturated carbocycles. The molecule has 146 valence electrons. The van der Waals surface area contributed by atoms with Gasteiger partial charge in [0.25, 0.3) is 0 Å². The number of aromatic nitrogens is 1. The molecule has 1 aliphatic rings. The van der Waals surface area contributed by atoms with Crippen molar-refractivity contribution in [3.63, 3.8) is 0 Å². The highest BCUT2D eigenvalue weighted by molar-refractivity contribution is 6.10. The van der Waals surface area contributed by atoms with Gasteiger partial charge in [-0.25, -0.2) is 4.39 Å². The van der Waals surface area contributed by atoms with Crippen LogP contribution in [-0.2, 0) is 0 Å². The predicted molar refractivity (Wildman–Crippen MR) is 111 cm³/mol. The van der Waals surface area contributed by atoms with Gasteiger partial charge in [-0.3, -0.25) is 9.47 Å². The highest BCUT2D eigenvalue weighted by Crippen LogP contribution is 2.35. The van der Waals surface area contributed by atoms with Gasteiger partial charge in [0.1, 0.15) is 5.82 Å². The smallest absolute Gasteiger partial charge is 0.193 e. The van der Waals surface area contributed by atoms with Crippen LogP contribution in [0.15, 0.2) is 48.7 Å². The number of piperidine rings is 1. The molecular formula is C23H26FN3O. The van der Waals surface area contributed by atoms with Crippen LogP contribution in [0.2, 0.25) is 0 Å². The van der Waals surface area contributed by atoms with Crippen LogP contribution in [0.1, 0.15) is 54.1 Å². The lowest BCUT2D eigenvalue weighted by Crippen LogP contribution is -2.37. The number of carbonyl (C=O) groups excluding carboxylic acids is 1. The Morgan fingerprint density at radius 2 is 1.71 bits per heavy atom. The summed E-state index contributed by atoms with van der Waals surface area (Å²) in [6.45, 7) is 6.63. The van der Waals surface area contributed by atoms with Crippen molar-refractivity contribution in [3.05, 3.63) is 71.2 Å². The molecule has 1 aliphatic heterocycles. The topological polar surface area (TPSA) is 51.3 Å². The first-order chi connectivity index (χ1) is 13.4. The van der Waals surface area contributed by atoms with Gasteiger partial charge in [0.05, 0.1) is 5.52 Å². The van der Waals surface area contributed by atoms with E-state index in [1.807, 2.05) is 18.3 Å². The van der Waals surface area contributed by atoms with E-state index >= 15 is 0 Å². The highest BCUT2D eigenvalue weighted by atomic mass is 19.1. The second kappa shape index (κ2) is 7.40. The maximum atomic E-state index is 13.2. The highest BCUT2D eigenvalue weighted by Gasteiger charge is 2.25. The van der Waals surface area contributed by atoms with Crippen molar-refractivity contribution in [1.29, 1.82) is 0 Å². The molecule has 3 aromatic rings. The fraction of sp³-hybridized carbons (Fsp3) is 0.348. The summed E-state index contributed by atoms with van der Waals surface area (Å²) in [4.78, 5) is 15.3. The molecule has 2 heterocycles. The lowest BCUT2D eigenvalue weighted by atomic mass is 9.88. The average Bonchev–Trinajstić information content (AvgIpc) is 3.04. The van der Waals surface area contributed by atoms with Gasteiger partial charge in [0, 0.05) is 28.8 Å². The first kappa shape index (κ1) is 18.7. The monoisotopic (exact) mass is 379 g/mol. The third kappa shape index (κ3) is 3.42. The second-order valence-corrected chi connectivity index (χ2v) is 7.96. The van der Waals surface area contributed by atoms with Crippen LogP contribution in [0.25, 0.3) is 10.9 Å². The van der Waals surface area contributed by atoms with Crippen molar-refractivity contribution in [2.24, 2.45) is 0 Å². The van der Waals surface area contributed by atoms with E-state index in [2.05, 4.69) is 18.7 Å². The first-order valence-corrected chi connectivity index (χ1v) is 9.88. The van der Waals surface area contributed by atoms with E-state index in [4.69, 9.17) is 5.84 Å². The Bertz CT molecular complexity index is 999. The molecule has 0 unspecified atom stereocenters. The Balaban J connectivity index is 1.66. The molecular weight excluding hydrogens is 353 g/mol. The van der Waals surface area contributed by atoms with Crippen molar-refractivity contribution in [2.75, 3.05) is 18.9 Å². The second-order valence-electron chi connectivity index (χ2n) is 7.96. The van der Waals surface area contributed by atoms with Crippen molar-refractivity contribution in [1.82, 2.24) is 9.58 Å². The van der Waals surface area contributed by atoms with Crippen LogP contribution in [0.5, 0.6) is 0 Å². The van der Waals surface area contributed by atoms with E-state index in [9.17, 15) is 9.18 Å². The summed E-state index contributed by atoms with van der Waals surface area (Å²) in [5.74, 6) is 6.19. The summed E-state index contributed by atoms with van der Waals surface area (Å²) in [7, 11) is 0. The minimum atomic E-state index is -0.345. The zero-order chi connectivity index (χ0) is 19.8. The normalized spacial score (nSPS) is 16.1. The number of nitrogens with two attached hydrogens (primary N) is 1. The van der Waals surface area contributed by atoms with Crippen molar-refractivity contribution in [3.8, 4) is 0 Å². The molecule has 0 radical (unpaired) electrons. The molecule has 5 heteroatoms. The third-order valence-corrected chi connectivity index (χ3v) is 5.93. The molecule has 28 heavy (non-hydrogen) atoms. The number of nitrogens with zero attached hydrogens (tertiary/aromatic N) is 2. The lowest BCUT2D eigenvalue weighted by Gasteiger charge is -2.34. The summed E-state index contributed by atoms with van der Waals surface area (Å²) in [5, 5.41) is 1.04. The molecule has 0 atom stereocenters. The Labute approximate surface area is 164 Å². The van der Waals surface area contributed by atoms with Gasteiger partial charge in [0.15, 0.2) is 5.78 Å². The van der Waals surface area contributed by atoms with Gasteiger partial charge >= 0.3 is 0 Å². The van der Waals surface area contributed by atoms with Crippen molar-refractivity contribution >= 4 is 16.7 Å². The number of ketones is 1. The predicted octanol–water partition coefficient (Wildman–Crippen LogP) is 4.31. The average molecular weight is 379 g/mol. The van der Waals surface area contributed by atoms with Crippen molar-refractivity contribution < 1.29 is 9.18 Å². The van der Waals surface area contributed by atoms with Crippen LogP contribution in [0.4, 0.5) is 4.39 Å². The summed E-state index contributed by atoms with van der Waals surface area (Å²) in [6, 6.07) is 11.9. The molecule has 4 nitrogen and oxygen atoms in total. The van der Waals surface area contributed by atoms with Crippen LogP contribution in [0.3, 0.4) is 0 Å². The lowest BCUT2D eigenvalue weighted by molar-refractivity contribution is 0.103. The molecule has 2 aromatic carbocycles. The Hall–Kier alpha value is -2.66. The number of fused-ring (bicyclic) bond motifs is 1. The van der Waals surface area contributed by atoms with Gasteiger partial charge < -0.3 is 10.7 Å². The van der Waals surface area contributed by atoms with Gasteiger partial charge in [-0.1, -0.05) is 0 Å². The molecule has 2 N–H and O–H groups in total. The van der Waals surface area contributed by atoms with Crippen LogP contribution in [-0.4, -0.2) is 34.5 Å². The van der Waals surface area contributed by atoms with Gasteiger partial charge in [-0.15, -0.1) is 0 Å². The standard InChI is InChI=1S/C23H26FN3O/c1-15(2)26-11-9-16(10-12-26)21-14-27(25)22-8-5-18(13-20(21)22)23(28)17-3-6-19(24)7-4-17/h3-8,13-16H,9-12,25H2,1-2H3. The maximum Gasteiger partial charge on any atom is 0.193 e. The zero-order valence-corrected chi connectivity index (χ0v) is 16.4. The molecule has 0 amide bonds. The van der Waals surface area contributed by atoms with Crippen molar-refractivity contribution in [2.45, 2.75) is 38.6 Å². The Kier molecular flexibility index (Phi) is 4.94. The number of hydrogen-bond acceptors (Lipinski definition) is 3. The van der Waals surface area contributed by atoms with Crippen LogP contribution in [0, 0.1) is 5.82 Å². The summed E-state index contributed by atoms with van der Waals surface area (Å²) >= 11 is 0. The Morgan fingerprint density at radius 1 is 1.07 bits per heavy atom. The minimum absolute atomic E-state index is 0.104. The van der Waals surface area contributed by atoms with Crippen LogP contribution < -0.4 is 5.84 Å². The SMILES string of the molecule is CC(C)N1CCC(c2cn(N)c3ccc(C(=O)c4ccc(F)cc4)cc23)CC1. The number of halogens is 1. The quantitative estimate of drug-likeness (QED) is 0.543. The zero-order valence-electron chi connectivity index (χ0n) is 16.4. The van der Waals surface area contributed by atoms with Crippen LogP contribution >= 0.6 is 0 Å². The molecule has 0 bridgehead atoms. The van der Waals surface area contributed by atoms with E-state index in [1.54, 1.807) is 10.7 Å². The number of rotatable bonds is 4.